The van der Waals surface area contributed by atoms with E-state index in [0.717, 1.165) is 19.3 Å². The molecule has 2 rings (SSSR count). The second-order valence-electron chi connectivity index (χ2n) is 4.42. The molecule has 0 N–H and O–H groups in total. The highest BCUT2D eigenvalue weighted by Gasteiger charge is 2.62. The third-order valence-corrected chi connectivity index (χ3v) is 4.30. The highest BCUT2D eigenvalue weighted by molar-refractivity contribution is 5.89. The fourth-order valence-electron chi connectivity index (χ4n) is 3.12. The minimum absolute atomic E-state index is 0.132. The lowest BCUT2D eigenvalue weighted by atomic mass is 9.51. The van der Waals surface area contributed by atoms with Crippen molar-refractivity contribution in [1.29, 1.82) is 0 Å². The van der Waals surface area contributed by atoms with Crippen molar-refractivity contribution in [1.82, 2.24) is 0 Å². The van der Waals surface area contributed by atoms with Crippen molar-refractivity contribution in [2.75, 3.05) is 0 Å². The lowest BCUT2D eigenvalue weighted by Crippen LogP contribution is -2.48. The normalized spacial score (nSPS) is 48.7. The van der Waals surface area contributed by atoms with Gasteiger partial charge in [-0.15, -0.1) is 0 Å². The van der Waals surface area contributed by atoms with Crippen LogP contribution in [0.3, 0.4) is 0 Å². The molecule has 2 fully saturated rings. The van der Waals surface area contributed by atoms with Crippen molar-refractivity contribution >= 4 is 5.78 Å². The molecule has 0 aliphatic heterocycles. The van der Waals surface area contributed by atoms with Crippen LogP contribution in [0.5, 0.6) is 0 Å². The van der Waals surface area contributed by atoms with Crippen LogP contribution < -0.4 is 0 Å². The lowest BCUT2D eigenvalue weighted by Gasteiger charge is -2.52. The Balaban J connectivity index is 2.35. The highest BCUT2D eigenvalue weighted by atomic mass is 16.1. The first-order valence-electron chi connectivity index (χ1n) is 4.68. The summed E-state index contributed by atoms with van der Waals surface area (Å²) in [6, 6.07) is 0. The summed E-state index contributed by atoms with van der Waals surface area (Å²) in [5.41, 5.74) is 0.534. The first kappa shape index (κ1) is 7.33. The molecule has 1 heteroatoms. The molecule has 0 aromatic rings. The predicted octanol–water partition coefficient (Wildman–Crippen LogP) is 2.55. The second kappa shape index (κ2) is 1.88. The van der Waals surface area contributed by atoms with E-state index in [1.807, 2.05) is 0 Å². The van der Waals surface area contributed by atoms with Gasteiger partial charge in [-0.05, 0) is 31.1 Å². The van der Waals surface area contributed by atoms with Gasteiger partial charge in [-0.3, -0.25) is 4.79 Å². The molecule has 1 nitrogen and oxygen atoms in total. The van der Waals surface area contributed by atoms with Crippen LogP contribution in [-0.4, -0.2) is 5.78 Å². The summed E-state index contributed by atoms with van der Waals surface area (Å²) in [4.78, 5) is 11.6. The van der Waals surface area contributed by atoms with Gasteiger partial charge >= 0.3 is 0 Å². The molecule has 0 bridgehead atoms. The van der Waals surface area contributed by atoms with Gasteiger partial charge in [-0.2, -0.15) is 0 Å². The molecular weight excluding hydrogens is 136 g/mol. The van der Waals surface area contributed by atoms with Crippen LogP contribution in [0.15, 0.2) is 0 Å². The lowest BCUT2D eigenvalue weighted by molar-refractivity contribution is -0.139. The Morgan fingerprint density at radius 3 is 2.36 bits per heavy atom. The molecule has 2 atom stereocenters. The number of hydrogen-bond acceptors (Lipinski definition) is 1. The third kappa shape index (κ3) is 0.605. The Kier molecular flexibility index (Phi) is 1.25. The Hall–Kier alpha value is -0.330. The molecule has 0 radical (unpaired) electrons. The molecule has 0 saturated heterocycles. The molecule has 0 aromatic carbocycles. The largest absolute Gasteiger partial charge is 0.299 e. The maximum absolute atomic E-state index is 11.6. The van der Waals surface area contributed by atoms with Gasteiger partial charge in [0.1, 0.15) is 5.78 Å². The summed E-state index contributed by atoms with van der Waals surface area (Å²) in [7, 11) is 0. The zero-order valence-corrected chi connectivity index (χ0v) is 7.44. The van der Waals surface area contributed by atoms with Crippen LogP contribution in [-0.2, 0) is 4.79 Å². The Labute approximate surface area is 68.2 Å². The first-order valence-corrected chi connectivity index (χ1v) is 4.68. The number of Topliss-reactive ketones (excluding diaryl/α,β-unsaturated/α-hetero) is 1. The number of rotatable bonds is 1. The van der Waals surface area contributed by atoms with E-state index >= 15 is 0 Å². The maximum Gasteiger partial charge on any atom is 0.139 e. The Bertz CT molecular complexity index is 205. The highest BCUT2D eigenvalue weighted by Crippen LogP contribution is 2.65. The molecule has 62 valence electrons. The van der Waals surface area contributed by atoms with E-state index in [-0.39, 0.29) is 5.41 Å². The summed E-state index contributed by atoms with van der Waals surface area (Å²) in [6.07, 6.45) is 5.53. The Morgan fingerprint density at radius 1 is 1.36 bits per heavy atom. The van der Waals surface area contributed by atoms with Crippen LogP contribution in [0, 0.1) is 10.8 Å². The van der Waals surface area contributed by atoms with Crippen molar-refractivity contribution in [3.05, 3.63) is 0 Å². The fraction of sp³-hybridized carbons (Fsp3) is 0.900. The van der Waals surface area contributed by atoms with Gasteiger partial charge in [0.05, 0.1) is 0 Å². The quantitative estimate of drug-likeness (QED) is 0.564. The average molecular weight is 152 g/mol. The van der Waals surface area contributed by atoms with E-state index in [1.54, 1.807) is 0 Å². The molecule has 2 aliphatic carbocycles. The van der Waals surface area contributed by atoms with Crippen molar-refractivity contribution < 1.29 is 4.79 Å². The maximum atomic E-state index is 11.6. The van der Waals surface area contributed by atoms with Crippen molar-refractivity contribution in [3.63, 3.8) is 0 Å². The zero-order valence-electron chi connectivity index (χ0n) is 7.44. The topological polar surface area (TPSA) is 17.1 Å². The number of fused-ring (bicyclic) bond motifs is 1. The van der Waals surface area contributed by atoms with Crippen LogP contribution in [0.1, 0.15) is 46.0 Å². The molecule has 0 unspecified atom stereocenters. The SMILES string of the molecule is CC[C@]12CC[C@@]1(C)CCC2=O. The monoisotopic (exact) mass is 152 g/mol. The van der Waals surface area contributed by atoms with Crippen LogP contribution in [0.4, 0.5) is 0 Å². The van der Waals surface area contributed by atoms with E-state index in [4.69, 9.17) is 0 Å². The molecule has 2 aliphatic rings. The average Bonchev–Trinajstić information content (AvgIpc) is 2.13. The summed E-state index contributed by atoms with van der Waals surface area (Å²) in [6.45, 7) is 4.46. The molecule has 0 amide bonds. The molecular formula is C10H16O. The van der Waals surface area contributed by atoms with Gasteiger partial charge in [0.2, 0.25) is 0 Å². The number of hydrogen-bond donors (Lipinski definition) is 0. The van der Waals surface area contributed by atoms with Gasteiger partial charge in [0.25, 0.3) is 0 Å². The van der Waals surface area contributed by atoms with Crippen LogP contribution >= 0.6 is 0 Å². The number of ketones is 1. The van der Waals surface area contributed by atoms with Crippen molar-refractivity contribution in [3.8, 4) is 0 Å². The van der Waals surface area contributed by atoms with E-state index in [0.29, 0.717) is 11.2 Å². The Morgan fingerprint density at radius 2 is 2.09 bits per heavy atom. The summed E-state index contributed by atoms with van der Waals surface area (Å²) in [5.74, 6) is 0.550. The third-order valence-electron chi connectivity index (χ3n) is 4.30. The summed E-state index contributed by atoms with van der Waals surface area (Å²) < 4.78 is 0. The molecule has 0 aromatic heterocycles. The number of carbonyl (C=O) groups excluding carboxylic acids is 1. The zero-order chi connectivity index (χ0) is 8.11. The van der Waals surface area contributed by atoms with Crippen LogP contribution in [0.25, 0.3) is 0 Å². The van der Waals surface area contributed by atoms with Gasteiger partial charge in [0, 0.05) is 11.8 Å². The fourth-order valence-corrected chi connectivity index (χ4v) is 3.12. The molecule has 0 spiro atoms. The van der Waals surface area contributed by atoms with E-state index < -0.39 is 0 Å². The minimum Gasteiger partial charge on any atom is -0.299 e. The first-order chi connectivity index (χ1) is 5.15. The van der Waals surface area contributed by atoms with Gasteiger partial charge < -0.3 is 0 Å². The van der Waals surface area contributed by atoms with Gasteiger partial charge in [-0.25, -0.2) is 0 Å². The summed E-state index contributed by atoms with van der Waals surface area (Å²) in [5, 5.41) is 0. The van der Waals surface area contributed by atoms with Crippen molar-refractivity contribution in [2.24, 2.45) is 10.8 Å². The molecule has 2 saturated carbocycles. The standard InChI is InChI=1S/C10H16O/c1-3-10-7-6-9(10,2)5-4-8(10)11/h3-7H2,1-2H3/t9-,10-/m1/s1. The molecule has 0 heterocycles. The van der Waals surface area contributed by atoms with E-state index in [1.165, 1.54) is 12.8 Å². The molecule has 11 heavy (non-hydrogen) atoms. The minimum atomic E-state index is 0.132. The van der Waals surface area contributed by atoms with Crippen molar-refractivity contribution in [2.45, 2.75) is 46.0 Å². The predicted molar refractivity (Wildman–Crippen MR) is 44.3 cm³/mol. The van der Waals surface area contributed by atoms with Gasteiger partial charge in [-0.1, -0.05) is 13.8 Å². The number of carbonyl (C=O) groups is 1. The second-order valence-corrected chi connectivity index (χ2v) is 4.42. The van der Waals surface area contributed by atoms with Gasteiger partial charge in [0.15, 0.2) is 0 Å². The van der Waals surface area contributed by atoms with E-state index in [9.17, 15) is 4.79 Å². The smallest absolute Gasteiger partial charge is 0.139 e. The van der Waals surface area contributed by atoms with Crippen LogP contribution in [0.2, 0.25) is 0 Å². The van der Waals surface area contributed by atoms with E-state index in [2.05, 4.69) is 13.8 Å². The summed E-state index contributed by atoms with van der Waals surface area (Å²) >= 11 is 0.